The zero-order valence-corrected chi connectivity index (χ0v) is 21.2. The van der Waals surface area contributed by atoms with Crippen LogP contribution in [0, 0.1) is 0 Å². The Morgan fingerprint density at radius 1 is 1.03 bits per heavy atom. The fourth-order valence-electron chi connectivity index (χ4n) is 4.33. The number of nitrogens with one attached hydrogen (secondary N) is 1. The van der Waals surface area contributed by atoms with Crippen LogP contribution in [0.15, 0.2) is 54.6 Å². The highest BCUT2D eigenvalue weighted by Crippen LogP contribution is 2.37. The number of unbranched alkanes of at least 4 members (excludes halogenated alkanes) is 1. The second-order valence-electron chi connectivity index (χ2n) is 8.61. The standard InChI is InChI=1S/C27H27Cl2N3O3/c1-3-4-14-30-26(34)17(2)31(15-20-21(28)11-7-12-22(20)29)24(33)16-32-23-13-6-9-18-8-5-10-19(25(18)23)27(32)35/h5-13,17H,3-4,14-16H2,1-2H3,(H,30,34)/t17-/m0/s1. The first-order valence-electron chi connectivity index (χ1n) is 11.7. The van der Waals surface area contributed by atoms with Gasteiger partial charge in [-0.05, 0) is 43.0 Å². The smallest absolute Gasteiger partial charge is 0.259 e. The molecule has 1 heterocycles. The van der Waals surface area contributed by atoms with Crippen LogP contribution in [0.4, 0.5) is 5.69 Å². The van der Waals surface area contributed by atoms with Gasteiger partial charge in [0.1, 0.15) is 12.6 Å². The van der Waals surface area contributed by atoms with E-state index in [0.29, 0.717) is 33.4 Å². The molecule has 3 amide bonds. The molecule has 0 aliphatic carbocycles. The van der Waals surface area contributed by atoms with Crippen LogP contribution < -0.4 is 10.2 Å². The van der Waals surface area contributed by atoms with E-state index in [-0.39, 0.29) is 30.8 Å². The van der Waals surface area contributed by atoms with E-state index in [2.05, 4.69) is 5.32 Å². The molecular weight excluding hydrogens is 485 g/mol. The van der Waals surface area contributed by atoms with Gasteiger partial charge < -0.3 is 10.2 Å². The predicted molar refractivity (Wildman–Crippen MR) is 140 cm³/mol. The molecule has 3 aromatic rings. The summed E-state index contributed by atoms with van der Waals surface area (Å²) in [7, 11) is 0. The summed E-state index contributed by atoms with van der Waals surface area (Å²) < 4.78 is 0. The zero-order chi connectivity index (χ0) is 25.1. The maximum Gasteiger partial charge on any atom is 0.259 e. The SMILES string of the molecule is CCCCNC(=O)[C@H](C)N(Cc1c(Cl)cccc1Cl)C(=O)CN1C(=O)c2cccc3cccc1c23. The van der Waals surface area contributed by atoms with E-state index < -0.39 is 6.04 Å². The number of benzene rings is 3. The molecule has 1 aliphatic heterocycles. The molecule has 0 saturated carbocycles. The maximum absolute atomic E-state index is 13.7. The van der Waals surface area contributed by atoms with Gasteiger partial charge in [0.15, 0.2) is 0 Å². The Hall–Kier alpha value is -3.09. The van der Waals surface area contributed by atoms with Gasteiger partial charge in [-0.1, -0.05) is 66.9 Å². The Balaban J connectivity index is 1.63. The largest absolute Gasteiger partial charge is 0.354 e. The fraction of sp³-hybridized carbons (Fsp3) is 0.296. The second kappa shape index (κ2) is 10.7. The lowest BCUT2D eigenvalue weighted by atomic mass is 10.1. The first-order chi connectivity index (χ1) is 16.8. The van der Waals surface area contributed by atoms with Crippen LogP contribution in [-0.4, -0.2) is 41.8 Å². The van der Waals surface area contributed by atoms with E-state index in [1.807, 2.05) is 37.3 Å². The highest BCUT2D eigenvalue weighted by atomic mass is 35.5. The van der Waals surface area contributed by atoms with Crippen LogP contribution in [0.1, 0.15) is 42.6 Å². The first-order valence-corrected chi connectivity index (χ1v) is 12.4. The van der Waals surface area contributed by atoms with Crippen LogP contribution in [0.25, 0.3) is 10.8 Å². The minimum Gasteiger partial charge on any atom is -0.354 e. The van der Waals surface area contributed by atoms with Crippen LogP contribution >= 0.6 is 23.2 Å². The second-order valence-corrected chi connectivity index (χ2v) is 9.43. The van der Waals surface area contributed by atoms with Gasteiger partial charge in [-0.2, -0.15) is 0 Å². The Labute approximate surface area is 214 Å². The summed E-state index contributed by atoms with van der Waals surface area (Å²) in [5, 5.41) is 5.47. The maximum atomic E-state index is 13.7. The summed E-state index contributed by atoms with van der Waals surface area (Å²) in [6, 6.07) is 15.5. The molecule has 4 rings (SSSR count). The number of hydrogen-bond acceptors (Lipinski definition) is 3. The van der Waals surface area contributed by atoms with Gasteiger partial charge in [0, 0.05) is 39.6 Å². The number of hydrogen-bond donors (Lipinski definition) is 1. The van der Waals surface area contributed by atoms with E-state index in [4.69, 9.17) is 23.2 Å². The van der Waals surface area contributed by atoms with Crippen molar-refractivity contribution in [2.24, 2.45) is 0 Å². The highest BCUT2D eigenvalue weighted by molar-refractivity contribution is 6.36. The number of halogens is 2. The Bertz CT molecular complexity index is 1270. The predicted octanol–water partition coefficient (Wildman–Crippen LogP) is 5.44. The molecule has 3 aromatic carbocycles. The summed E-state index contributed by atoms with van der Waals surface area (Å²) in [6.07, 6.45) is 1.78. The van der Waals surface area contributed by atoms with Crippen LogP contribution in [-0.2, 0) is 16.1 Å². The van der Waals surface area contributed by atoms with Crippen molar-refractivity contribution in [1.82, 2.24) is 10.2 Å². The van der Waals surface area contributed by atoms with Crippen molar-refractivity contribution < 1.29 is 14.4 Å². The molecule has 6 nitrogen and oxygen atoms in total. The topological polar surface area (TPSA) is 69.7 Å². The molecule has 1 N–H and O–H groups in total. The van der Waals surface area contributed by atoms with E-state index in [0.717, 1.165) is 23.6 Å². The average molecular weight is 512 g/mol. The van der Waals surface area contributed by atoms with Crippen LogP contribution in [0.3, 0.4) is 0 Å². The molecule has 0 saturated heterocycles. The number of rotatable bonds is 9. The molecule has 8 heteroatoms. The van der Waals surface area contributed by atoms with Crippen molar-refractivity contribution >= 4 is 57.4 Å². The molecular formula is C27H27Cl2N3O3. The lowest BCUT2D eigenvalue weighted by Crippen LogP contribution is -2.51. The summed E-state index contributed by atoms with van der Waals surface area (Å²) in [5.41, 5.74) is 1.81. The molecule has 0 unspecified atom stereocenters. The average Bonchev–Trinajstić information content (AvgIpc) is 3.11. The quantitative estimate of drug-likeness (QED) is 0.388. The number of amides is 3. The Kier molecular flexibility index (Phi) is 7.63. The molecule has 0 fully saturated rings. The van der Waals surface area contributed by atoms with E-state index in [9.17, 15) is 14.4 Å². The van der Waals surface area contributed by atoms with Crippen molar-refractivity contribution in [2.75, 3.05) is 18.0 Å². The van der Waals surface area contributed by atoms with Gasteiger partial charge in [0.2, 0.25) is 11.8 Å². The van der Waals surface area contributed by atoms with Gasteiger partial charge in [-0.25, -0.2) is 0 Å². The molecule has 0 spiro atoms. The number of carbonyl (C=O) groups is 3. The van der Waals surface area contributed by atoms with Crippen molar-refractivity contribution in [3.8, 4) is 0 Å². The van der Waals surface area contributed by atoms with E-state index >= 15 is 0 Å². The number of nitrogens with zero attached hydrogens (tertiary/aromatic N) is 2. The minimum absolute atomic E-state index is 0.0406. The van der Waals surface area contributed by atoms with Crippen LogP contribution in [0.2, 0.25) is 10.0 Å². The van der Waals surface area contributed by atoms with Gasteiger partial charge in [0.05, 0.1) is 5.69 Å². The highest BCUT2D eigenvalue weighted by Gasteiger charge is 2.34. The van der Waals surface area contributed by atoms with Gasteiger partial charge in [-0.3, -0.25) is 19.3 Å². The Morgan fingerprint density at radius 2 is 1.69 bits per heavy atom. The third-order valence-corrected chi connectivity index (χ3v) is 7.04. The normalized spacial score (nSPS) is 13.3. The molecule has 0 bridgehead atoms. The first kappa shape index (κ1) is 25.0. The summed E-state index contributed by atoms with van der Waals surface area (Å²) in [6.45, 7) is 4.07. The fourth-order valence-corrected chi connectivity index (χ4v) is 4.85. The molecule has 0 aromatic heterocycles. The third-order valence-electron chi connectivity index (χ3n) is 6.33. The van der Waals surface area contributed by atoms with Crippen molar-refractivity contribution in [3.63, 3.8) is 0 Å². The van der Waals surface area contributed by atoms with Crippen molar-refractivity contribution in [1.29, 1.82) is 0 Å². The van der Waals surface area contributed by atoms with Gasteiger partial charge in [-0.15, -0.1) is 0 Å². The molecule has 1 aliphatic rings. The van der Waals surface area contributed by atoms with Gasteiger partial charge in [0.25, 0.3) is 5.91 Å². The van der Waals surface area contributed by atoms with Gasteiger partial charge >= 0.3 is 0 Å². The summed E-state index contributed by atoms with van der Waals surface area (Å²) >= 11 is 12.8. The molecule has 1 atom stereocenters. The lowest BCUT2D eigenvalue weighted by molar-refractivity contribution is -0.139. The molecule has 182 valence electrons. The minimum atomic E-state index is -0.789. The summed E-state index contributed by atoms with van der Waals surface area (Å²) in [5.74, 6) is -0.883. The lowest BCUT2D eigenvalue weighted by Gasteiger charge is -2.31. The van der Waals surface area contributed by atoms with E-state index in [1.165, 1.54) is 9.80 Å². The third kappa shape index (κ3) is 5.00. The molecule has 35 heavy (non-hydrogen) atoms. The van der Waals surface area contributed by atoms with Crippen molar-refractivity contribution in [3.05, 3.63) is 75.8 Å². The van der Waals surface area contributed by atoms with Crippen molar-refractivity contribution in [2.45, 2.75) is 39.3 Å². The number of anilines is 1. The number of carbonyl (C=O) groups excluding carboxylic acids is 3. The Morgan fingerprint density at radius 3 is 2.37 bits per heavy atom. The van der Waals surface area contributed by atoms with Crippen LogP contribution in [0.5, 0.6) is 0 Å². The molecule has 0 radical (unpaired) electrons. The monoisotopic (exact) mass is 511 g/mol. The summed E-state index contributed by atoms with van der Waals surface area (Å²) in [4.78, 5) is 42.7. The zero-order valence-electron chi connectivity index (χ0n) is 19.7. The van der Waals surface area contributed by atoms with E-state index in [1.54, 1.807) is 31.2 Å².